The van der Waals surface area contributed by atoms with Gasteiger partial charge in [0, 0.05) is 18.8 Å². The van der Waals surface area contributed by atoms with Gasteiger partial charge in [0.25, 0.3) is 0 Å². The lowest BCUT2D eigenvalue weighted by atomic mass is 10.2. The molecule has 1 N–H and O–H groups in total. The van der Waals surface area contributed by atoms with E-state index in [0.717, 1.165) is 0 Å². The lowest BCUT2D eigenvalue weighted by molar-refractivity contribution is -0.129. The normalized spacial score (nSPS) is 10.7. The van der Waals surface area contributed by atoms with Gasteiger partial charge in [-0.05, 0) is 55.0 Å². The number of carbonyl (C=O) groups excluding carboxylic acids is 2. The topological polar surface area (TPSA) is 67.9 Å². The predicted octanol–water partition coefficient (Wildman–Crippen LogP) is 4.00. The summed E-state index contributed by atoms with van der Waals surface area (Å²) in [6, 6.07) is 8.72. The van der Waals surface area contributed by atoms with Crippen molar-refractivity contribution in [1.29, 1.82) is 0 Å². The molecule has 0 aliphatic heterocycles. The number of hydrogen-bond acceptors (Lipinski definition) is 4. The van der Waals surface area contributed by atoms with E-state index in [1.54, 1.807) is 18.2 Å². The number of carbonyl (C=O) groups is 2. The van der Waals surface area contributed by atoms with E-state index >= 15 is 0 Å². The molecule has 154 valence electrons. The number of hydrogen-bond donors (Lipinski definition) is 1. The smallest absolute Gasteiger partial charge is 0.246 e. The highest BCUT2D eigenvalue weighted by atomic mass is 35.5. The van der Waals surface area contributed by atoms with Crippen LogP contribution in [0.4, 0.5) is 10.1 Å². The van der Waals surface area contributed by atoms with Crippen LogP contribution in [0.3, 0.4) is 0 Å². The van der Waals surface area contributed by atoms with Crippen LogP contribution in [0.2, 0.25) is 5.02 Å². The van der Waals surface area contributed by atoms with Crippen LogP contribution in [-0.4, -0.2) is 44.0 Å². The lowest BCUT2D eigenvalue weighted by Crippen LogP contribution is -2.33. The summed E-state index contributed by atoms with van der Waals surface area (Å²) >= 11 is 6.19. The Morgan fingerprint density at radius 3 is 2.55 bits per heavy atom. The van der Waals surface area contributed by atoms with Crippen molar-refractivity contribution in [2.24, 2.45) is 0 Å². The van der Waals surface area contributed by atoms with Crippen LogP contribution in [0.15, 0.2) is 42.5 Å². The Bertz CT molecular complexity index is 900. The predicted molar refractivity (Wildman–Crippen MR) is 111 cm³/mol. The van der Waals surface area contributed by atoms with Crippen molar-refractivity contribution in [3.8, 4) is 11.5 Å². The molecule has 0 aromatic heterocycles. The lowest BCUT2D eigenvalue weighted by Gasteiger charge is -2.15. The second kappa shape index (κ2) is 10.5. The summed E-state index contributed by atoms with van der Waals surface area (Å²) in [5, 5.41) is 2.96. The second-order valence-corrected chi connectivity index (χ2v) is 6.46. The molecule has 0 radical (unpaired) electrons. The Balaban J connectivity index is 2.00. The van der Waals surface area contributed by atoms with Crippen molar-refractivity contribution in [3.63, 3.8) is 0 Å². The zero-order chi connectivity index (χ0) is 21.4. The molecule has 2 amide bonds. The monoisotopic (exact) mass is 420 g/mol. The van der Waals surface area contributed by atoms with Gasteiger partial charge in [-0.25, -0.2) is 4.39 Å². The number of anilines is 1. The molecule has 0 saturated carbocycles. The summed E-state index contributed by atoms with van der Waals surface area (Å²) in [6.07, 6.45) is 2.91. The summed E-state index contributed by atoms with van der Waals surface area (Å²) in [4.78, 5) is 25.6. The maximum Gasteiger partial charge on any atom is 0.246 e. The first kappa shape index (κ1) is 22.2. The minimum Gasteiger partial charge on any atom is -0.491 e. The number of rotatable bonds is 8. The molecule has 2 aromatic carbocycles. The third-order valence-corrected chi connectivity index (χ3v) is 4.12. The zero-order valence-corrected chi connectivity index (χ0v) is 17.1. The number of benzene rings is 2. The molecule has 0 heterocycles. The van der Waals surface area contributed by atoms with Gasteiger partial charge in [-0.15, -0.1) is 0 Å². The van der Waals surface area contributed by atoms with Gasteiger partial charge in [0.15, 0.2) is 11.5 Å². The number of likely N-dealkylation sites (N-methyl/N-ethyl adjacent to an activating group) is 1. The van der Waals surface area contributed by atoms with Gasteiger partial charge in [-0.3, -0.25) is 9.59 Å². The molecule has 2 aromatic rings. The molecule has 0 atom stereocenters. The van der Waals surface area contributed by atoms with Crippen LogP contribution >= 0.6 is 11.6 Å². The first-order valence-corrected chi connectivity index (χ1v) is 9.20. The summed E-state index contributed by atoms with van der Waals surface area (Å²) in [5.41, 5.74) is 1.10. The van der Waals surface area contributed by atoms with E-state index in [9.17, 15) is 14.0 Å². The fraction of sp³-hybridized carbons (Fsp3) is 0.238. The van der Waals surface area contributed by atoms with Gasteiger partial charge in [-0.1, -0.05) is 11.6 Å². The van der Waals surface area contributed by atoms with Crippen molar-refractivity contribution in [2.75, 3.05) is 32.6 Å². The molecule has 8 heteroatoms. The van der Waals surface area contributed by atoms with Crippen LogP contribution < -0.4 is 14.8 Å². The Hall–Kier alpha value is -3.06. The number of halogens is 2. The van der Waals surface area contributed by atoms with Gasteiger partial charge >= 0.3 is 0 Å². The van der Waals surface area contributed by atoms with E-state index in [-0.39, 0.29) is 12.5 Å². The van der Waals surface area contributed by atoms with Crippen LogP contribution in [0, 0.1) is 5.82 Å². The molecule has 0 aliphatic carbocycles. The average molecular weight is 421 g/mol. The molecule has 0 bridgehead atoms. The van der Waals surface area contributed by atoms with Crippen LogP contribution in [0.5, 0.6) is 11.5 Å². The van der Waals surface area contributed by atoms with Crippen molar-refractivity contribution < 1.29 is 23.5 Å². The Morgan fingerprint density at radius 1 is 1.24 bits per heavy atom. The first-order chi connectivity index (χ1) is 13.8. The molecular formula is C21H22ClFN2O4. The van der Waals surface area contributed by atoms with Gasteiger partial charge in [-0.2, -0.15) is 0 Å². The number of nitrogens with one attached hydrogen (secondary N) is 1. The quantitative estimate of drug-likeness (QED) is 0.655. The van der Waals surface area contributed by atoms with Crippen LogP contribution in [-0.2, 0) is 9.59 Å². The van der Waals surface area contributed by atoms with E-state index in [1.807, 2.05) is 6.92 Å². The van der Waals surface area contributed by atoms with E-state index in [0.29, 0.717) is 34.4 Å². The highest BCUT2D eigenvalue weighted by Gasteiger charge is 2.13. The van der Waals surface area contributed by atoms with Crippen molar-refractivity contribution in [2.45, 2.75) is 6.92 Å². The molecule has 6 nitrogen and oxygen atoms in total. The van der Waals surface area contributed by atoms with E-state index in [2.05, 4.69) is 5.32 Å². The van der Waals surface area contributed by atoms with Crippen LogP contribution in [0.25, 0.3) is 6.08 Å². The standard InChI is InChI=1S/C21H22ClFN2O4/c1-4-29-18-12-14(11-17(22)21(18)28-3)5-10-20(27)25(2)13-19(26)24-16-8-6-15(23)7-9-16/h5-12H,4,13H2,1-3H3,(H,24,26)/b10-5+. The van der Waals surface area contributed by atoms with Crippen LogP contribution in [0.1, 0.15) is 12.5 Å². The minimum atomic E-state index is -0.397. The maximum absolute atomic E-state index is 12.9. The highest BCUT2D eigenvalue weighted by molar-refractivity contribution is 6.32. The fourth-order valence-electron chi connectivity index (χ4n) is 2.47. The van der Waals surface area contributed by atoms with Crippen molar-refractivity contribution >= 4 is 35.2 Å². The summed E-state index contributed by atoms with van der Waals surface area (Å²) in [6.45, 7) is 2.12. The fourth-order valence-corrected chi connectivity index (χ4v) is 2.76. The number of ether oxygens (including phenoxy) is 2. The highest BCUT2D eigenvalue weighted by Crippen LogP contribution is 2.36. The number of amides is 2. The molecule has 0 fully saturated rings. The molecule has 0 saturated heterocycles. The summed E-state index contributed by atoms with van der Waals surface area (Å²) in [5.74, 6) is -0.268. The number of methoxy groups -OCH3 is 1. The maximum atomic E-state index is 12.9. The van der Waals surface area contributed by atoms with Gasteiger partial charge < -0.3 is 19.7 Å². The third kappa shape index (κ3) is 6.50. The molecule has 0 aliphatic rings. The first-order valence-electron chi connectivity index (χ1n) is 8.83. The van der Waals surface area contributed by atoms with E-state index < -0.39 is 11.7 Å². The minimum absolute atomic E-state index is 0.159. The molecule has 0 unspecified atom stereocenters. The average Bonchev–Trinajstić information content (AvgIpc) is 2.68. The Kier molecular flexibility index (Phi) is 8.03. The Labute approximate surface area is 173 Å². The molecule has 0 spiro atoms. The van der Waals surface area contributed by atoms with Gasteiger partial charge in [0.05, 0.1) is 25.3 Å². The second-order valence-electron chi connectivity index (χ2n) is 6.05. The van der Waals surface area contributed by atoms with Crippen molar-refractivity contribution in [1.82, 2.24) is 4.90 Å². The van der Waals surface area contributed by atoms with Gasteiger partial charge in [0.1, 0.15) is 5.82 Å². The molecular weight excluding hydrogens is 399 g/mol. The molecule has 29 heavy (non-hydrogen) atoms. The van der Waals surface area contributed by atoms with E-state index in [1.165, 1.54) is 49.4 Å². The van der Waals surface area contributed by atoms with Gasteiger partial charge in [0.2, 0.25) is 11.8 Å². The zero-order valence-electron chi connectivity index (χ0n) is 16.4. The Morgan fingerprint density at radius 2 is 1.93 bits per heavy atom. The van der Waals surface area contributed by atoms with E-state index in [4.69, 9.17) is 21.1 Å². The summed E-state index contributed by atoms with van der Waals surface area (Å²) < 4.78 is 23.6. The SMILES string of the molecule is CCOc1cc(/C=C/C(=O)N(C)CC(=O)Nc2ccc(F)cc2)cc(Cl)c1OC. The number of nitrogens with zero attached hydrogens (tertiary/aromatic N) is 1. The summed E-state index contributed by atoms with van der Waals surface area (Å²) in [7, 11) is 3.00. The largest absolute Gasteiger partial charge is 0.491 e. The third-order valence-electron chi connectivity index (χ3n) is 3.84. The van der Waals surface area contributed by atoms with Crippen molar-refractivity contribution in [3.05, 3.63) is 58.9 Å². The molecule has 2 rings (SSSR count).